The van der Waals surface area contributed by atoms with Crippen LogP contribution < -0.4 is 5.32 Å². The second-order valence-electron chi connectivity index (χ2n) is 5.82. The lowest BCUT2D eigenvalue weighted by Crippen LogP contribution is -2.57. The monoisotopic (exact) mass is 306 g/mol. The molecule has 1 aromatic rings. The van der Waals surface area contributed by atoms with Gasteiger partial charge in [0.15, 0.2) is 0 Å². The fraction of sp³-hybridized carbons (Fsp3) is 0.714. The lowest BCUT2D eigenvalue weighted by atomic mass is 10.0. The summed E-state index contributed by atoms with van der Waals surface area (Å²) in [6, 6.07) is 0.165. The van der Waals surface area contributed by atoms with Crippen molar-refractivity contribution in [3.8, 4) is 0 Å². The Morgan fingerprint density at radius 3 is 3.09 bits per heavy atom. The molecule has 1 atom stereocenters. The number of rotatable bonds is 4. The van der Waals surface area contributed by atoms with Crippen molar-refractivity contribution in [2.75, 3.05) is 32.7 Å². The minimum absolute atomic E-state index is 0.128. The summed E-state index contributed by atoms with van der Waals surface area (Å²) in [7, 11) is 0. The number of nitrogens with zero attached hydrogens (tertiary/aromatic N) is 5. The van der Waals surface area contributed by atoms with Crippen LogP contribution in [0.1, 0.15) is 19.3 Å². The van der Waals surface area contributed by atoms with Crippen LogP contribution in [0.5, 0.6) is 0 Å². The van der Waals surface area contributed by atoms with E-state index in [2.05, 4.69) is 15.6 Å². The van der Waals surface area contributed by atoms with Gasteiger partial charge in [-0.15, -0.1) is 5.10 Å². The van der Waals surface area contributed by atoms with Gasteiger partial charge < -0.3 is 15.1 Å². The van der Waals surface area contributed by atoms with Crippen LogP contribution in [0.2, 0.25) is 0 Å². The zero-order valence-corrected chi connectivity index (χ0v) is 12.6. The molecule has 1 aromatic heterocycles. The van der Waals surface area contributed by atoms with Crippen LogP contribution in [0.4, 0.5) is 0 Å². The Hall–Kier alpha value is -1.96. The highest BCUT2D eigenvalue weighted by atomic mass is 16.2. The van der Waals surface area contributed by atoms with Gasteiger partial charge in [0.1, 0.15) is 0 Å². The predicted molar refractivity (Wildman–Crippen MR) is 78.8 cm³/mol. The maximum atomic E-state index is 12.4. The average molecular weight is 306 g/mol. The summed E-state index contributed by atoms with van der Waals surface area (Å²) in [5.41, 5.74) is 0. The molecule has 120 valence electrons. The summed E-state index contributed by atoms with van der Waals surface area (Å²) in [6.45, 7) is 3.98. The molecule has 8 nitrogen and oxygen atoms in total. The van der Waals surface area contributed by atoms with Crippen molar-refractivity contribution in [3.05, 3.63) is 12.4 Å². The molecule has 0 spiro atoms. The third-order valence-electron chi connectivity index (χ3n) is 4.34. The quantitative estimate of drug-likeness (QED) is 0.779. The zero-order chi connectivity index (χ0) is 15.4. The first-order valence-electron chi connectivity index (χ1n) is 7.86. The lowest BCUT2D eigenvalue weighted by molar-refractivity contribution is -0.140. The molecule has 3 rings (SSSR count). The van der Waals surface area contributed by atoms with Gasteiger partial charge in [0.25, 0.3) is 0 Å². The number of aromatic nitrogens is 3. The SMILES string of the molecule is O=C(CCn1ccnn1)N1CCCC(N2CCNCC2=O)C1. The van der Waals surface area contributed by atoms with Crippen LogP contribution in [-0.2, 0) is 16.1 Å². The van der Waals surface area contributed by atoms with Crippen LogP contribution in [-0.4, -0.2) is 75.4 Å². The van der Waals surface area contributed by atoms with Gasteiger partial charge in [0.05, 0.1) is 19.3 Å². The molecule has 2 saturated heterocycles. The van der Waals surface area contributed by atoms with Gasteiger partial charge in [-0.1, -0.05) is 5.21 Å². The van der Waals surface area contributed by atoms with Crippen LogP contribution in [0.25, 0.3) is 0 Å². The number of carbonyl (C=O) groups is 2. The topological polar surface area (TPSA) is 83.4 Å². The van der Waals surface area contributed by atoms with Gasteiger partial charge in [-0.3, -0.25) is 14.3 Å². The normalized spacial score (nSPS) is 22.9. The minimum Gasteiger partial charge on any atom is -0.341 e. The van der Waals surface area contributed by atoms with Crippen molar-refractivity contribution in [2.24, 2.45) is 0 Å². The van der Waals surface area contributed by atoms with E-state index in [1.165, 1.54) is 0 Å². The molecule has 2 amide bonds. The molecule has 1 N–H and O–H groups in total. The summed E-state index contributed by atoms with van der Waals surface area (Å²) in [4.78, 5) is 28.2. The number of carbonyl (C=O) groups excluding carboxylic acids is 2. The van der Waals surface area contributed by atoms with E-state index in [0.29, 0.717) is 26.1 Å². The number of hydrogen-bond acceptors (Lipinski definition) is 5. The number of likely N-dealkylation sites (tertiary alicyclic amines) is 1. The second-order valence-corrected chi connectivity index (χ2v) is 5.82. The number of amides is 2. The van der Waals surface area contributed by atoms with Gasteiger partial charge in [-0.25, -0.2) is 0 Å². The largest absolute Gasteiger partial charge is 0.341 e. The molecule has 2 fully saturated rings. The molecule has 0 saturated carbocycles. The molecule has 22 heavy (non-hydrogen) atoms. The molecule has 0 radical (unpaired) electrons. The van der Waals surface area contributed by atoms with Gasteiger partial charge in [0, 0.05) is 44.8 Å². The van der Waals surface area contributed by atoms with Crippen LogP contribution in [0, 0.1) is 0 Å². The van der Waals surface area contributed by atoms with Crippen molar-refractivity contribution >= 4 is 11.8 Å². The molecule has 0 aromatic carbocycles. The summed E-state index contributed by atoms with van der Waals surface area (Å²) >= 11 is 0. The Bertz CT molecular complexity index is 517. The second kappa shape index (κ2) is 6.87. The number of nitrogens with one attached hydrogen (secondary N) is 1. The van der Waals surface area contributed by atoms with Gasteiger partial charge in [-0.2, -0.15) is 0 Å². The summed E-state index contributed by atoms with van der Waals surface area (Å²) in [5.74, 6) is 0.274. The highest BCUT2D eigenvalue weighted by molar-refractivity contribution is 5.80. The first kappa shape index (κ1) is 15.0. The lowest BCUT2D eigenvalue weighted by Gasteiger charge is -2.41. The van der Waals surface area contributed by atoms with E-state index in [1.54, 1.807) is 17.1 Å². The van der Waals surface area contributed by atoms with E-state index in [9.17, 15) is 9.59 Å². The number of piperidine rings is 1. The maximum Gasteiger partial charge on any atom is 0.236 e. The zero-order valence-electron chi connectivity index (χ0n) is 12.6. The van der Waals surface area contributed by atoms with E-state index in [0.717, 1.165) is 32.5 Å². The number of piperazine rings is 1. The molecule has 2 aliphatic rings. The Balaban J connectivity index is 1.53. The third kappa shape index (κ3) is 3.44. The van der Waals surface area contributed by atoms with Gasteiger partial charge in [-0.05, 0) is 12.8 Å². The Morgan fingerprint density at radius 2 is 2.32 bits per heavy atom. The van der Waals surface area contributed by atoms with Gasteiger partial charge in [0.2, 0.25) is 11.8 Å². The Morgan fingerprint density at radius 1 is 1.41 bits per heavy atom. The molecule has 2 aliphatic heterocycles. The Kier molecular flexibility index (Phi) is 4.67. The molecule has 3 heterocycles. The maximum absolute atomic E-state index is 12.4. The standard InChI is InChI=1S/C14H22N6O2/c21-13(3-7-19-8-5-16-17-19)18-6-1-2-12(11-18)20-9-4-15-10-14(20)22/h5,8,12,15H,1-4,6-7,9-11H2. The fourth-order valence-corrected chi connectivity index (χ4v) is 3.16. The number of aryl methyl sites for hydroxylation is 1. The number of hydrogen-bond donors (Lipinski definition) is 1. The van der Waals surface area contributed by atoms with E-state index in [-0.39, 0.29) is 17.9 Å². The summed E-state index contributed by atoms with van der Waals surface area (Å²) in [6.07, 6.45) is 5.73. The van der Waals surface area contributed by atoms with E-state index in [4.69, 9.17) is 0 Å². The molecule has 1 unspecified atom stereocenters. The summed E-state index contributed by atoms with van der Waals surface area (Å²) < 4.78 is 1.67. The van der Waals surface area contributed by atoms with Crippen LogP contribution >= 0.6 is 0 Å². The van der Waals surface area contributed by atoms with Crippen molar-refractivity contribution in [1.29, 1.82) is 0 Å². The van der Waals surface area contributed by atoms with Crippen molar-refractivity contribution in [2.45, 2.75) is 31.8 Å². The molecular formula is C14H22N6O2. The van der Waals surface area contributed by atoms with E-state index < -0.39 is 0 Å². The molecule has 8 heteroatoms. The van der Waals surface area contributed by atoms with Gasteiger partial charge >= 0.3 is 0 Å². The Labute approximate surface area is 129 Å². The average Bonchev–Trinajstić information content (AvgIpc) is 3.06. The first-order valence-corrected chi connectivity index (χ1v) is 7.86. The van der Waals surface area contributed by atoms with Crippen LogP contribution in [0.3, 0.4) is 0 Å². The highest BCUT2D eigenvalue weighted by Crippen LogP contribution is 2.17. The van der Waals surface area contributed by atoms with Crippen molar-refractivity contribution in [3.63, 3.8) is 0 Å². The molecule has 0 bridgehead atoms. The molecule has 0 aliphatic carbocycles. The van der Waals surface area contributed by atoms with Crippen molar-refractivity contribution < 1.29 is 9.59 Å². The fourth-order valence-electron chi connectivity index (χ4n) is 3.16. The highest BCUT2D eigenvalue weighted by Gasteiger charge is 2.31. The van der Waals surface area contributed by atoms with E-state index in [1.807, 2.05) is 9.80 Å². The van der Waals surface area contributed by atoms with E-state index >= 15 is 0 Å². The third-order valence-corrected chi connectivity index (χ3v) is 4.34. The molecular weight excluding hydrogens is 284 g/mol. The predicted octanol–water partition coefficient (Wildman–Crippen LogP) is -0.909. The first-order chi connectivity index (χ1) is 10.7. The summed E-state index contributed by atoms with van der Waals surface area (Å²) in [5, 5.41) is 10.7. The van der Waals surface area contributed by atoms with Crippen LogP contribution in [0.15, 0.2) is 12.4 Å². The smallest absolute Gasteiger partial charge is 0.236 e. The minimum atomic E-state index is 0.128. The van der Waals surface area contributed by atoms with Crippen molar-refractivity contribution in [1.82, 2.24) is 30.1 Å².